The summed E-state index contributed by atoms with van der Waals surface area (Å²) in [5.74, 6) is 1.05. The Morgan fingerprint density at radius 1 is 0.739 bits per heavy atom. The topological polar surface area (TPSA) is 20.2 Å². The fourth-order valence-electron chi connectivity index (χ4n) is 4.94. The quantitative estimate of drug-likeness (QED) is 0.731. The van der Waals surface area contributed by atoms with Crippen molar-refractivity contribution in [3.8, 4) is 0 Å². The van der Waals surface area contributed by atoms with Crippen LogP contribution in [0.4, 0.5) is 0 Å². The van der Waals surface area contributed by atoms with Gasteiger partial charge in [-0.15, -0.1) is 0 Å². The highest BCUT2D eigenvalue weighted by Crippen LogP contribution is 2.44. The first-order valence-corrected chi connectivity index (χ1v) is 9.54. The van der Waals surface area contributed by atoms with Crippen molar-refractivity contribution in [2.45, 2.75) is 75.7 Å². The van der Waals surface area contributed by atoms with E-state index in [1.807, 2.05) is 0 Å². The standard InChI is InChI=1S/C22H28O/c23-21-13-7-6-12-20(21)22-18-11-5-4-10-17(18)14-15-19(22)16-8-2-1-3-9-16/h4-5,10-11,14-16,20-21,23H,1-3,6-9,12-13H2/t20-,21+/m1/s1. The van der Waals surface area contributed by atoms with Crippen LogP contribution in [0.2, 0.25) is 0 Å². The van der Waals surface area contributed by atoms with Crippen molar-refractivity contribution in [2.75, 3.05) is 0 Å². The summed E-state index contributed by atoms with van der Waals surface area (Å²) in [6.45, 7) is 0. The van der Waals surface area contributed by atoms with Crippen molar-refractivity contribution in [3.05, 3.63) is 47.5 Å². The van der Waals surface area contributed by atoms with E-state index in [9.17, 15) is 5.11 Å². The van der Waals surface area contributed by atoms with E-state index in [-0.39, 0.29) is 6.10 Å². The Morgan fingerprint density at radius 3 is 2.30 bits per heavy atom. The molecule has 0 spiro atoms. The first kappa shape index (κ1) is 15.2. The van der Waals surface area contributed by atoms with Crippen LogP contribution in [-0.2, 0) is 0 Å². The maximum atomic E-state index is 10.7. The Bertz CT molecular complexity index is 669. The zero-order valence-electron chi connectivity index (χ0n) is 14.0. The normalized spacial score (nSPS) is 26.5. The van der Waals surface area contributed by atoms with E-state index < -0.39 is 0 Å². The number of rotatable bonds is 2. The number of hydrogen-bond donors (Lipinski definition) is 1. The van der Waals surface area contributed by atoms with Crippen molar-refractivity contribution in [1.82, 2.24) is 0 Å². The molecule has 2 fully saturated rings. The van der Waals surface area contributed by atoms with E-state index in [4.69, 9.17) is 0 Å². The summed E-state index contributed by atoms with van der Waals surface area (Å²) in [5.41, 5.74) is 3.04. The number of aliphatic hydroxyl groups is 1. The van der Waals surface area contributed by atoms with Crippen LogP contribution in [0.15, 0.2) is 36.4 Å². The van der Waals surface area contributed by atoms with Crippen molar-refractivity contribution in [3.63, 3.8) is 0 Å². The molecule has 0 amide bonds. The van der Waals surface area contributed by atoms with Gasteiger partial charge in [0.1, 0.15) is 0 Å². The highest BCUT2D eigenvalue weighted by atomic mass is 16.3. The van der Waals surface area contributed by atoms with Crippen LogP contribution in [-0.4, -0.2) is 11.2 Å². The second kappa shape index (κ2) is 6.65. The van der Waals surface area contributed by atoms with Crippen molar-refractivity contribution < 1.29 is 5.11 Å². The minimum atomic E-state index is -0.156. The average Bonchev–Trinajstić information content (AvgIpc) is 2.62. The molecule has 2 aromatic carbocycles. The van der Waals surface area contributed by atoms with Gasteiger partial charge in [-0.25, -0.2) is 0 Å². The largest absolute Gasteiger partial charge is 0.392 e. The summed E-state index contributed by atoms with van der Waals surface area (Å²) >= 11 is 0. The van der Waals surface area contributed by atoms with Crippen LogP contribution >= 0.6 is 0 Å². The molecule has 23 heavy (non-hydrogen) atoms. The molecule has 0 radical (unpaired) electrons. The highest BCUT2D eigenvalue weighted by Gasteiger charge is 2.30. The molecule has 0 aliphatic heterocycles. The third-order valence-electron chi connectivity index (χ3n) is 6.15. The van der Waals surface area contributed by atoms with Crippen LogP contribution in [0.5, 0.6) is 0 Å². The lowest BCUT2D eigenvalue weighted by Gasteiger charge is -2.33. The molecule has 0 bridgehead atoms. The fraction of sp³-hybridized carbons (Fsp3) is 0.545. The van der Waals surface area contributed by atoms with Crippen LogP contribution in [0, 0.1) is 0 Å². The van der Waals surface area contributed by atoms with Gasteiger partial charge in [0, 0.05) is 5.92 Å². The van der Waals surface area contributed by atoms with Gasteiger partial charge in [-0.05, 0) is 53.5 Å². The first-order chi connectivity index (χ1) is 11.3. The van der Waals surface area contributed by atoms with Crippen molar-refractivity contribution in [1.29, 1.82) is 0 Å². The lowest BCUT2D eigenvalue weighted by Crippen LogP contribution is -2.24. The lowest BCUT2D eigenvalue weighted by molar-refractivity contribution is 0.106. The Hall–Kier alpha value is -1.34. The minimum Gasteiger partial charge on any atom is -0.392 e. The van der Waals surface area contributed by atoms with Gasteiger partial charge in [0.2, 0.25) is 0 Å². The van der Waals surface area contributed by atoms with Gasteiger partial charge >= 0.3 is 0 Å². The van der Waals surface area contributed by atoms with Gasteiger partial charge in [0.25, 0.3) is 0 Å². The third kappa shape index (κ3) is 2.92. The number of aliphatic hydroxyl groups excluding tert-OH is 1. The second-order valence-electron chi connectivity index (χ2n) is 7.58. The summed E-state index contributed by atoms with van der Waals surface area (Å²) in [5, 5.41) is 13.4. The Kier molecular flexibility index (Phi) is 4.39. The van der Waals surface area contributed by atoms with Crippen LogP contribution < -0.4 is 0 Å². The predicted octanol–water partition coefficient (Wildman–Crippen LogP) is 5.91. The second-order valence-corrected chi connectivity index (χ2v) is 7.58. The Labute approximate surface area is 139 Å². The molecule has 1 N–H and O–H groups in total. The fourth-order valence-corrected chi connectivity index (χ4v) is 4.94. The molecule has 4 rings (SSSR count). The summed E-state index contributed by atoms with van der Waals surface area (Å²) < 4.78 is 0. The van der Waals surface area contributed by atoms with E-state index in [1.165, 1.54) is 61.3 Å². The van der Waals surface area contributed by atoms with Crippen LogP contribution in [0.25, 0.3) is 10.8 Å². The van der Waals surface area contributed by atoms with E-state index in [0.717, 1.165) is 12.8 Å². The van der Waals surface area contributed by atoms with Gasteiger partial charge < -0.3 is 5.11 Å². The molecule has 0 saturated heterocycles. The first-order valence-electron chi connectivity index (χ1n) is 9.54. The summed E-state index contributed by atoms with van der Waals surface area (Å²) in [7, 11) is 0. The van der Waals surface area contributed by atoms with Gasteiger partial charge in [-0.2, -0.15) is 0 Å². The molecular formula is C22H28O. The predicted molar refractivity (Wildman–Crippen MR) is 97.0 cm³/mol. The monoisotopic (exact) mass is 308 g/mol. The van der Waals surface area contributed by atoms with Crippen LogP contribution in [0.3, 0.4) is 0 Å². The molecule has 1 heteroatoms. The van der Waals surface area contributed by atoms with Gasteiger partial charge in [0.05, 0.1) is 6.10 Å². The summed E-state index contributed by atoms with van der Waals surface area (Å²) in [6, 6.07) is 13.5. The van der Waals surface area contributed by atoms with E-state index in [0.29, 0.717) is 11.8 Å². The van der Waals surface area contributed by atoms with Gasteiger partial charge in [0.15, 0.2) is 0 Å². The molecule has 2 saturated carbocycles. The zero-order chi connectivity index (χ0) is 15.6. The van der Waals surface area contributed by atoms with Gasteiger partial charge in [-0.1, -0.05) is 68.5 Å². The van der Waals surface area contributed by atoms with Crippen LogP contribution in [0.1, 0.15) is 80.8 Å². The molecule has 0 unspecified atom stereocenters. The average molecular weight is 308 g/mol. The molecule has 2 atom stereocenters. The summed E-state index contributed by atoms with van der Waals surface area (Å²) in [6.07, 6.45) is 11.2. The Balaban J connectivity index is 1.85. The van der Waals surface area contributed by atoms with E-state index >= 15 is 0 Å². The van der Waals surface area contributed by atoms with Gasteiger partial charge in [-0.3, -0.25) is 0 Å². The maximum absolute atomic E-state index is 10.7. The molecule has 1 nitrogen and oxygen atoms in total. The number of hydrogen-bond acceptors (Lipinski definition) is 1. The van der Waals surface area contributed by atoms with E-state index in [2.05, 4.69) is 36.4 Å². The smallest absolute Gasteiger partial charge is 0.0609 e. The van der Waals surface area contributed by atoms with Crippen molar-refractivity contribution >= 4 is 10.8 Å². The molecule has 2 aliphatic rings. The SMILES string of the molecule is O[C@H]1CCCC[C@H]1c1c(C2CCCCC2)ccc2ccccc12. The lowest BCUT2D eigenvalue weighted by atomic mass is 9.73. The van der Waals surface area contributed by atoms with Crippen molar-refractivity contribution in [2.24, 2.45) is 0 Å². The number of fused-ring (bicyclic) bond motifs is 1. The maximum Gasteiger partial charge on any atom is 0.0609 e. The zero-order valence-corrected chi connectivity index (χ0v) is 14.0. The number of benzene rings is 2. The molecule has 122 valence electrons. The minimum absolute atomic E-state index is 0.156. The van der Waals surface area contributed by atoms with E-state index in [1.54, 1.807) is 5.56 Å². The molecule has 0 aromatic heterocycles. The highest BCUT2D eigenvalue weighted by molar-refractivity contribution is 5.87. The molecule has 2 aliphatic carbocycles. The summed E-state index contributed by atoms with van der Waals surface area (Å²) in [4.78, 5) is 0. The third-order valence-corrected chi connectivity index (χ3v) is 6.15. The molecule has 0 heterocycles. The Morgan fingerprint density at radius 2 is 1.48 bits per heavy atom. The molecule has 2 aromatic rings. The molecular weight excluding hydrogens is 280 g/mol.